The zero-order valence-electron chi connectivity index (χ0n) is 19.4. The number of fused-ring (bicyclic) bond motifs is 1. The Labute approximate surface area is 190 Å². The summed E-state index contributed by atoms with van der Waals surface area (Å²) in [5.41, 5.74) is 1.43. The van der Waals surface area contributed by atoms with Gasteiger partial charge in [-0.25, -0.2) is 0 Å². The van der Waals surface area contributed by atoms with E-state index in [1.165, 1.54) is 0 Å². The van der Waals surface area contributed by atoms with Crippen molar-refractivity contribution < 1.29 is 23.7 Å². The highest BCUT2D eigenvalue weighted by molar-refractivity contribution is 5.95. The summed E-state index contributed by atoms with van der Waals surface area (Å²) in [5.74, 6) is 2.13. The van der Waals surface area contributed by atoms with Crippen molar-refractivity contribution in [1.29, 1.82) is 0 Å². The number of piperidine rings is 1. The Morgan fingerprint density at radius 1 is 1.16 bits per heavy atom. The molecule has 32 heavy (non-hydrogen) atoms. The largest absolute Gasteiger partial charge is 0.493 e. The maximum absolute atomic E-state index is 13.2. The predicted octanol–water partition coefficient (Wildman–Crippen LogP) is 5.02. The number of carbonyl (C=O) groups is 1. The van der Waals surface area contributed by atoms with Crippen LogP contribution in [0, 0.1) is 0 Å². The molecule has 0 N–H and O–H groups in total. The average Bonchev–Trinajstić information content (AvgIpc) is 2.79. The number of ether oxygens (including phenoxy) is 4. The average molecular weight is 440 g/mol. The summed E-state index contributed by atoms with van der Waals surface area (Å²) in [6, 6.07) is 13.5. The highest BCUT2D eigenvalue weighted by Crippen LogP contribution is 2.45. The van der Waals surface area contributed by atoms with Crippen LogP contribution in [0.2, 0.25) is 0 Å². The molecule has 6 nitrogen and oxygen atoms in total. The highest BCUT2D eigenvalue weighted by atomic mass is 16.5. The van der Waals surface area contributed by atoms with Gasteiger partial charge in [0.05, 0.1) is 19.3 Å². The second-order valence-electron chi connectivity index (χ2n) is 8.80. The van der Waals surface area contributed by atoms with E-state index in [0.717, 1.165) is 30.6 Å². The van der Waals surface area contributed by atoms with Crippen LogP contribution in [-0.2, 0) is 4.74 Å². The van der Waals surface area contributed by atoms with E-state index < -0.39 is 0 Å². The van der Waals surface area contributed by atoms with Crippen molar-refractivity contribution in [3.8, 4) is 17.2 Å². The fourth-order valence-corrected chi connectivity index (χ4v) is 4.67. The molecule has 2 aliphatic heterocycles. The number of carbonyl (C=O) groups excluding carboxylic acids is 1. The topological polar surface area (TPSA) is 57.2 Å². The van der Waals surface area contributed by atoms with Crippen molar-refractivity contribution in [2.24, 2.45) is 0 Å². The lowest BCUT2D eigenvalue weighted by atomic mass is 9.81. The van der Waals surface area contributed by atoms with Gasteiger partial charge in [-0.15, -0.1) is 0 Å². The third-order valence-corrected chi connectivity index (χ3v) is 6.25. The second kappa shape index (κ2) is 9.41. The fraction of sp³-hybridized carbons (Fsp3) is 0.500. The maximum atomic E-state index is 13.2. The molecule has 1 amide bonds. The van der Waals surface area contributed by atoms with Gasteiger partial charge in [0.15, 0.2) is 11.5 Å². The van der Waals surface area contributed by atoms with E-state index in [4.69, 9.17) is 18.9 Å². The third kappa shape index (κ3) is 4.56. The van der Waals surface area contributed by atoms with Crippen LogP contribution in [0.25, 0.3) is 0 Å². The number of rotatable bonds is 6. The molecule has 1 fully saturated rings. The summed E-state index contributed by atoms with van der Waals surface area (Å²) in [6.45, 7) is 7.91. The monoisotopic (exact) mass is 439 g/mol. The molecule has 0 aliphatic carbocycles. The van der Waals surface area contributed by atoms with Crippen LogP contribution in [0.15, 0.2) is 42.5 Å². The van der Waals surface area contributed by atoms with E-state index in [-0.39, 0.29) is 23.7 Å². The van der Waals surface area contributed by atoms with Crippen LogP contribution in [0.4, 0.5) is 0 Å². The van der Waals surface area contributed by atoms with Crippen molar-refractivity contribution in [1.82, 2.24) is 4.90 Å². The van der Waals surface area contributed by atoms with E-state index in [0.29, 0.717) is 36.8 Å². The molecular weight excluding hydrogens is 406 g/mol. The Kier molecular flexibility index (Phi) is 6.60. The molecule has 1 unspecified atom stereocenters. The molecule has 1 atom stereocenters. The summed E-state index contributed by atoms with van der Waals surface area (Å²) in [7, 11) is 1.59. The molecule has 0 aromatic heterocycles. The van der Waals surface area contributed by atoms with Crippen LogP contribution in [-0.4, -0.2) is 49.3 Å². The minimum Gasteiger partial charge on any atom is -0.493 e. The van der Waals surface area contributed by atoms with E-state index in [2.05, 4.69) is 6.07 Å². The Bertz CT molecular complexity index is 949. The maximum Gasteiger partial charge on any atom is 0.253 e. The lowest BCUT2D eigenvalue weighted by Crippen LogP contribution is -2.52. The van der Waals surface area contributed by atoms with Gasteiger partial charge in [0.2, 0.25) is 0 Å². The standard InChI is InChI=1S/C26H33NO5/c1-5-30-24-17-26(32-21-9-7-6-8-20(21)24)12-14-27(15-13-26)25(28)19-10-11-22(31-18(2)3)23(16-19)29-4/h6-11,16,18,24H,5,12-15,17H2,1-4H3. The van der Waals surface area contributed by atoms with Crippen LogP contribution in [0.5, 0.6) is 17.2 Å². The van der Waals surface area contributed by atoms with Crippen molar-refractivity contribution in [3.05, 3.63) is 53.6 Å². The molecule has 0 radical (unpaired) electrons. The SMILES string of the molecule is CCOC1CC2(CCN(C(=O)c3ccc(OC(C)C)c(OC)c3)CC2)Oc2ccccc21. The lowest BCUT2D eigenvalue weighted by Gasteiger charge is -2.46. The van der Waals surface area contributed by atoms with Gasteiger partial charge in [0.25, 0.3) is 5.91 Å². The molecule has 0 bridgehead atoms. The van der Waals surface area contributed by atoms with Gasteiger partial charge in [-0.3, -0.25) is 4.79 Å². The van der Waals surface area contributed by atoms with Crippen LogP contribution in [0.3, 0.4) is 0 Å². The number of amides is 1. The first-order chi connectivity index (χ1) is 15.4. The minimum atomic E-state index is -0.294. The first-order valence-corrected chi connectivity index (χ1v) is 11.5. The Balaban J connectivity index is 1.46. The van der Waals surface area contributed by atoms with E-state index >= 15 is 0 Å². The van der Waals surface area contributed by atoms with Crippen molar-refractivity contribution in [2.45, 2.75) is 57.8 Å². The Morgan fingerprint density at radius 2 is 1.91 bits per heavy atom. The third-order valence-electron chi connectivity index (χ3n) is 6.25. The minimum absolute atomic E-state index is 0.00631. The summed E-state index contributed by atoms with van der Waals surface area (Å²) in [6.07, 6.45) is 2.44. The van der Waals surface area contributed by atoms with Crippen LogP contribution < -0.4 is 14.2 Å². The first-order valence-electron chi connectivity index (χ1n) is 11.5. The zero-order chi connectivity index (χ0) is 22.7. The number of likely N-dealkylation sites (tertiary alicyclic amines) is 1. The van der Waals surface area contributed by atoms with Crippen LogP contribution >= 0.6 is 0 Å². The molecule has 2 aliphatic rings. The molecule has 2 heterocycles. The number of hydrogen-bond donors (Lipinski definition) is 0. The molecule has 2 aromatic carbocycles. The molecular formula is C26H33NO5. The quantitative estimate of drug-likeness (QED) is 0.633. The number of para-hydroxylation sites is 1. The van der Waals surface area contributed by atoms with Gasteiger partial charge in [-0.1, -0.05) is 18.2 Å². The fourth-order valence-electron chi connectivity index (χ4n) is 4.67. The van der Waals surface area contributed by atoms with Gasteiger partial charge in [-0.2, -0.15) is 0 Å². The van der Waals surface area contributed by atoms with Gasteiger partial charge < -0.3 is 23.8 Å². The zero-order valence-corrected chi connectivity index (χ0v) is 19.4. The highest BCUT2D eigenvalue weighted by Gasteiger charge is 2.44. The number of benzene rings is 2. The predicted molar refractivity (Wildman–Crippen MR) is 123 cm³/mol. The smallest absolute Gasteiger partial charge is 0.253 e. The summed E-state index contributed by atoms with van der Waals surface area (Å²) >= 11 is 0. The number of nitrogens with zero attached hydrogens (tertiary/aromatic N) is 1. The van der Waals surface area contributed by atoms with E-state index in [9.17, 15) is 4.79 Å². The molecule has 6 heteroatoms. The summed E-state index contributed by atoms with van der Waals surface area (Å²) in [4.78, 5) is 15.1. The lowest BCUT2D eigenvalue weighted by molar-refractivity contribution is -0.0699. The van der Waals surface area contributed by atoms with E-state index in [1.807, 2.05) is 56.0 Å². The van der Waals surface area contributed by atoms with Gasteiger partial charge in [-0.05, 0) is 45.0 Å². The molecule has 0 saturated carbocycles. The Hall–Kier alpha value is -2.73. The van der Waals surface area contributed by atoms with Crippen molar-refractivity contribution in [3.63, 3.8) is 0 Å². The van der Waals surface area contributed by atoms with Gasteiger partial charge >= 0.3 is 0 Å². The number of methoxy groups -OCH3 is 1. The molecule has 1 spiro atoms. The summed E-state index contributed by atoms with van der Waals surface area (Å²) in [5, 5.41) is 0. The first kappa shape index (κ1) is 22.5. The number of hydrogen-bond acceptors (Lipinski definition) is 5. The van der Waals surface area contributed by atoms with E-state index in [1.54, 1.807) is 13.2 Å². The summed E-state index contributed by atoms with van der Waals surface area (Å²) < 4.78 is 23.8. The second-order valence-corrected chi connectivity index (χ2v) is 8.80. The Morgan fingerprint density at radius 3 is 2.59 bits per heavy atom. The normalized spacial score (nSPS) is 19.4. The van der Waals surface area contributed by atoms with Crippen LogP contribution in [0.1, 0.15) is 62.1 Å². The molecule has 1 saturated heterocycles. The molecule has 4 rings (SSSR count). The molecule has 2 aromatic rings. The van der Waals surface area contributed by atoms with Gasteiger partial charge in [0.1, 0.15) is 11.4 Å². The molecule has 172 valence electrons. The van der Waals surface area contributed by atoms with Gasteiger partial charge in [0, 0.05) is 50.1 Å². The van der Waals surface area contributed by atoms with Crippen molar-refractivity contribution in [2.75, 3.05) is 26.8 Å². The van der Waals surface area contributed by atoms with Crippen molar-refractivity contribution >= 4 is 5.91 Å².